The number of fused-ring (bicyclic) bond motifs is 1. The number of hydrogen-bond acceptors (Lipinski definition) is 6. The number of halogens is 2. The molecule has 0 saturated carbocycles. The molecule has 29 heavy (non-hydrogen) atoms. The number of H-pyrrole nitrogens is 1. The predicted molar refractivity (Wildman–Crippen MR) is 111 cm³/mol. The van der Waals surface area contributed by atoms with Crippen LogP contribution < -0.4 is 10.1 Å². The summed E-state index contributed by atoms with van der Waals surface area (Å²) < 4.78 is 20.7. The molecule has 3 heterocycles. The van der Waals surface area contributed by atoms with E-state index in [2.05, 4.69) is 44.0 Å². The number of hydrogen-bond donors (Lipinski definition) is 2. The third-order valence-corrected chi connectivity index (χ3v) is 5.80. The van der Waals surface area contributed by atoms with Crippen LogP contribution in [0.4, 0.5) is 10.2 Å². The van der Waals surface area contributed by atoms with Crippen molar-refractivity contribution in [1.82, 2.24) is 24.8 Å². The fourth-order valence-corrected chi connectivity index (χ4v) is 4.05. The summed E-state index contributed by atoms with van der Waals surface area (Å²) in [6.07, 6.45) is 3.03. The quantitative estimate of drug-likeness (QED) is 0.626. The third kappa shape index (κ3) is 3.51. The molecule has 0 radical (unpaired) electrons. The zero-order chi connectivity index (χ0) is 20.7. The molecule has 1 unspecified atom stereocenters. The number of likely N-dealkylation sites (tertiary alicyclic amines) is 1. The molecule has 0 spiro atoms. The molecular weight excluding hydrogens is 395 g/mol. The summed E-state index contributed by atoms with van der Waals surface area (Å²) in [5.41, 5.74) is 2.61. The Labute approximate surface area is 173 Å². The molecule has 1 aliphatic rings. The summed E-state index contributed by atoms with van der Waals surface area (Å²) in [7, 11) is 1.57. The van der Waals surface area contributed by atoms with Gasteiger partial charge in [-0.25, -0.2) is 19.3 Å². The number of rotatable bonds is 6. The lowest BCUT2D eigenvalue weighted by Crippen LogP contribution is -2.49. The fourth-order valence-electron chi connectivity index (χ4n) is 3.83. The standard InChI is InChI=1S/C20H24ClFN6O/c1-10(2)28-6-12(7-28)15-16(22)14(21)5-13(18(15)29-4)11(3)27-20-17-19(24-8-23-17)25-9-26-20/h5,8-12H,6-7H2,1-4H3,(H2,23,24,25,26,27). The molecule has 154 valence electrons. The van der Waals surface area contributed by atoms with Crippen molar-refractivity contribution in [2.45, 2.75) is 38.8 Å². The summed E-state index contributed by atoms with van der Waals surface area (Å²) >= 11 is 6.28. The highest BCUT2D eigenvalue weighted by Crippen LogP contribution is 2.43. The maximum atomic E-state index is 15.0. The lowest BCUT2D eigenvalue weighted by molar-refractivity contribution is 0.106. The van der Waals surface area contributed by atoms with Crippen molar-refractivity contribution in [3.05, 3.63) is 40.7 Å². The van der Waals surface area contributed by atoms with Crippen molar-refractivity contribution in [2.75, 3.05) is 25.5 Å². The Morgan fingerprint density at radius 2 is 2.03 bits per heavy atom. The molecule has 0 aliphatic carbocycles. The van der Waals surface area contributed by atoms with E-state index in [-0.39, 0.29) is 17.0 Å². The highest BCUT2D eigenvalue weighted by molar-refractivity contribution is 6.31. The second-order valence-electron chi connectivity index (χ2n) is 7.64. The van der Waals surface area contributed by atoms with Crippen LogP contribution >= 0.6 is 11.6 Å². The minimum atomic E-state index is -0.399. The van der Waals surface area contributed by atoms with Gasteiger partial charge in [-0.2, -0.15) is 0 Å². The maximum absolute atomic E-state index is 15.0. The average Bonchev–Trinajstić information content (AvgIpc) is 3.13. The van der Waals surface area contributed by atoms with Gasteiger partial charge >= 0.3 is 0 Å². The van der Waals surface area contributed by atoms with Crippen LogP contribution in [0.1, 0.15) is 43.9 Å². The Hall–Kier alpha value is -2.45. The minimum absolute atomic E-state index is 0.0501. The molecule has 2 N–H and O–H groups in total. The van der Waals surface area contributed by atoms with Gasteiger partial charge in [0.15, 0.2) is 11.5 Å². The Morgan fingerprint density at radius 3 is 2.72 bits per heavy atom. The van der Waals surface area contributed by atoms with E-state index in [0.29, 0.717) is 34.3 Å². The van der Waals surface area contributed by atoms with E-state index in [1.54, 1.807) is 19.5 Å². The molecule has 3 aromatic rings. The highest BCUT2D eigenvalue weighted by Gasteiger charge is 2.36. The smallest absolute Gasteiger partial charge is 0.162 e. The Bertz CT molecular complexity index is 1030. The summed E-state index contributed by atoms with van der Waals surface area (Å²) in [5.74, 6) is 0.772. The van der Waals surface area contributed by atoms with Crippen LogP contribution in [-0.4, -0.2) is 51.1 Å². The Morgan fingerprint density at radius 1 is 1.28 bits per heavy atom. The van der Waals surface area contributed by atoms with Crippen LogP contribution in [0.5, 0.6) is 5.75 Å². The van der Waals surface area contributed by atoms with E-state index < -0.39 is 5.82 Å². The van der Waals surface area contributed by atoms with E-state index in [4.69, 9.17) is 16.3 Å². The van der Waals surface area contributed by atoms with Crippen molar-refractivity contribution in [2.24, 2.45) is 0 Å². The second-order valence-corrected chi connectivity index (χ2v) is 8.05. The van der Waals surface area contributed by atoms with Crippen LogP contribution in [0.25, 0.3) is 11.2 Å². The first-order chi connectivity index (χ1) is 13.9. The molecule has 0 bridgehead atoms. The minimum Gasteiger partial charge on any atom is -0.496 e. The molecule has 0 amide bonds. The number of nitrogens with one attached hydrogen (secondary N) is 2. The average molecular weight is 419 g/mol. The Balaban J connectivity index is 1.69. The topological polar surface area (TPSA) is 79.0 Å². The van der Waals surface area contributed by atoms with Gasteiger partial charge in [0.2, 0.25) is 0 Å². The Kier molecular flexibility index (Phi) is 5.31. The van der Waals surface area contributed by atoms with Gasteiger partial charge in [-0.05, 0) is 26.8 Å². The number of anilines is 1. The van der Waals surface area contributed by atoms with Gasteiger partial charge in [-0.3, -0.25) is 4.90 Å². The van der Waals surface area contributed by atoms with E-state index in [0.717, 1.165) is 18.7 Å². The van der Waals surface area contributed by atoms with Crippen LogP contribution in [0, 0.1) is 5.82 Å². The SMILES string of the molecule is COc1c(C(C)Nc2ncnc3[nH]cnc23)cc(Cl)c(F)c1C1CN(C(C)C)C1. The molecule has 1 atom stereocenters. The molecule has 1 fully saturated rings. The zero-order valence-electron chi connectivity index (χ0n) is 16.8. The van der Waals surface area contributed by atoms with E-state index in [9.17, 15) is 4.39 Å². The maximum Gasteiger partial charge on any atom is 0.162 e. The summed E-state index contributed by atoms with van der Waals surface area (Å²) in [6.45, 7) is 7.80. The second kappa shape index (κ2) is 7.76. The first-order valence-electron chi connectivity index (χ1n) is 9.61. The normalized spacial score (nSPS) is 16.2. The van der Waals surface area contributed by atoms with E-state index in [1.807, 2.05) is 6.92 Å². The molecule has 1 saturated heterocycles. The van der Waals surface area contributed by atoms with Crippen LogP contribution in [0.2, 0.25) is 5.02 Å². The van der Waals surface area contributed by atoms with Crippen molar-refractivity contribution in [3.8, 4) is 5.75 Å². The number of ether oxygens (including phenoxy) is 1. The first-order valence-corrected chi connectivity index (χ1v) is 9.98. The zero-order valence-corrected chi connectivity index (χ0v) is 17.6. The summed E-state index contributed by atoms with van der Waals surface area (Å²) in [5, 5.41) is 3.43. The molecule has 1 aliphatic heterocycles. The van der Waals surface area contributed by atoms with Crippen LogP contribution in [0.3, 0.4) is 0 Å². The van der Waals surface area contributed by atoms with E-state index >= 15 is 0 Å². The molecule has 1 aromatic carbocycles. The van der Waals surface area contributed by atoms with Gasteiger partial charge in [0, 0.05) is 36.2 Å². The highest BCUT2D eigenvalue weighted by atomic mass is 35.5. The van der Waals surface area contributed by atoms with Gasteiger partial charge in [-0.15, -0.1) is 0 Å². The molecular formula is C20H24ClFN6O. The molecule has 4 rings (SSSR count). The largest absolute Gasteiger partial charge is 0.496 e. The number of benzene rings is 1. The van der Waals surface area contributed by atoms with Gasteiger partial charge in [0.25, 0.3) is 0 Å². The number of imidazole rings is 1. The molecule has 9 heteroatoms. The van der Waals surface area contributed by atoms with Gasteiger partial charge in [-0.1, -0.05) is 11.6 Å². The summed E-state index contributed by atoms with van der Waals surface area (Å²) in [4.78, 5) is 18.0. The van der Waals surface area contributed by atoms with Gasteiger partial charge in [0.05, 0.1) is 24.5 Å². The molecule has 7 nitrogen and oxygen atoms in total. The lowest BCUT2D eigenvalue weighted by Gasteiger charge is -2.43. The lowest BCUT2D eigenvalue weighted by atomic mass is 9.87. The van der Waals surface area contributed by atoms with Crippen molar-refractivity contribution >= 4 is 28.6 Å². The summed E-state index contributed by atoms with van der Waals surface area (Å²) in [6, 6.07) is 1.81. The fraction of sp³-hybridized carbons (Fsp3) is 0.450. The van der Waals surface area contributed by atoms with Crippen molar-refractivity contribution in [3.63, 3.8) is 0 Å². The number of aromatic nitrogens is 4. The van der Waals surface area contributed by atoms with Crippen LogP contribution in [-0.2, 0) is 0 Å². The predicted octanol–water partition coefficient (Wildman–Crippen LogP) is 4.13. The van der Waals surface area contributed by atoms with Crippen molar-refractivity contribution < 1.29 is 9.13 Å². The van der Waals surface area contributed by atoms with Crippen LogP contribution in [0.15, 0.2) is 18.7 Å². The van der Waals surface area contributed by atoms with Gasteiger partial charge in [0.1, 0.15) is 23.4 Å². The van der Waals surface area contributed by atoms with Crippen molar-refractivity contribution in [1.29, 1.82) is 0 Å². The van der Waals surface area contributed by atoms with E-state index in [1.165, 1.54) is 6.33 Å². The number of aromatic amines is 1. The first kappa shape index (κ1) is 19.8. The number of nitrogens with zero attached hydrogens (tertiary/aromatic N) is 4. The monoisotopic (exact) mass is 418 g/mol. The number of methoxy groups -OCH3 is 1. The third-order valence-electron chi connectivity index (χ3n) is 5.52. The molecule has 2 aromatic heterocycles. The van der Waals surface area contributed by atoms with Gasteiger partial charge < -0.3 is 15.0 Å².